The third kappa shape index (κ3) is 6.07. The highest BCUT2D eigenvalue weighted by atomic mass is 19.1. The molecule has 2 heterocycles. The highest BCUT2D eigenvalue weighted by Crippen LogP contribution is 2.34. The van der Waals surface area contributed by atoms with Crippen LogP contribution in [-0.2, 0) is 17.6 Å². The Hall–Kier alpha value is -3.94. The van der Waals surface area contributed by atoms with E-state index in [2.05, 4.69) is 32.4 Å². The molecule has 0 atom stereocenters. The summed E-state index contributed by atoms with van der Waals surface area (Å²) in [5.41, 5.74) is 4.55. The first-order valence-electron chi connectivity index (χ1n) is 12.9. The van der Waals surface area contributed by atoms with Crippen LogP contribution in [-0.4, -0.2) is 44.5 Å². The Labute approximate surface area is 216 Å². The van der Waals surface area contributed by atoms with Crippen LogP contribution in [0.4, 0.5) is 10.2 Å². The van der Waals surface area contributed by atoms with Crippen molar-refractivity contribution in [2.75, 3.05) is 18.0 Å². The van der Waals surface area contributed by atoms with Gasteiger partial charge in [0.05, 0.1) is 5.69 Å². The number of Topliss-reactive ketones (excluding diaryl/α,β-unsaturated/α-hetero) is 1. The van der Waals surface area contributed by atoms with Crippen LogP contribution in [0, 0.1) is 18.7 Å². The van der Waals surface area contributed by atoms with E-state index in [1.807, 2.05) is 49.4 Å². The SMILES string of the molecule is CCCN(CC1CC1)c1cc(CC(=O)Cc2ccc(C)cc2F)cc(-c2ccccc2-c2nn[nH]n2)n1. The van der Waals surface area contributed by atoms with E-state index in [1.54, 1.807) is 6.07 Å². The Balaban J connectivity index is 1.51. The van der Waals surface area contributed by atoms with Crippen molar-refractivity contribution in [1.82, 2.24) is 25.6 Å². The Bertz CT molecular complexity index is 1380. The number of tetrazole rings is 1. The lowest BCUT2D eigenvalue weighted by Gasteiger charge is -2.24. The first kappa shape index (κ1) is 24.7. The average Bonchev–Trinajstić information content (AvgIpc) is 3.54. The van der Waals surface area contributed by atoms with Gasteiger partial charge < -0.3 is 4.90 Å². The molecule has 37 heavy (non-hydrogen) atoms. The minimum Gasteiger partial charge on any atom is -0.356 e. The van der Waals surface area contributed by atoms with E-state index in [0.29, 0.717) is 17.3 Å². The summed E-state index contributed by atoms with van der Waals surface area (Å²) in [4.78, 5) is 20.5. The number of carbonyl (C=O) groups excluding carboxylic acids is 1. The molecule has 0 radical (unpaired) electrons. The summed E-state index contributed by atoms with van der Waals surface area (Å²) in [7, 11) is 0. The molecule has 1 aliphatic carbocycles. The van der Waals surface area contributed by atoms with Gasteiger partial charge in [0.2, 0.25) is 5.82 Å². The summed E-state index contributed by atoms with van der Waals surface area (Å²) in [5.74, 6) is 1.66. The number of aryl methyl sites for hydroxylation is 1. The number of halogens is 1. The topological polar surface area (TPSA) is 87.7 Å². The molecular formula is C29H31FN6O. The first-order valence-corrected chi connectivity index (χ1v) is 12.9. The molecule has 1 fully saturated rings. The van der Waals surface area contributed by atoms with Crippen LogP contribution in [0.2, 0.25) is 0 Å². The standard InChI is InChI=1S/C29H31FN6O/c1-3-12-36(18-20-9-10-20)28-16-21(14-23(37)17-22-11-8-19(2)13-26(22)30)15-27(31-28)24-6-4-5-7-25(24)29-32-34-35-33-29/h4-8,11,13,15-16,20H,3,9-10,12,14,17-18H2,1-2H3,(H,32,33,34,35). The van der Waals surface area contributed by atoms with Crippen LogP contribution >= 0.6 is 0 Å². The van der Waals surface area contributed by atoms with Crippen molar-refractivity contribution in [2.24, 2.45) is 5.92 Å². The number of pyridine rings is 1. The summed E-state index contributed by atoms with van der Waals surface area (Å²) in [6, 6.07) is 16.8. The molecule has 1 saturated carbocycles. The smallest absolute Gasteiger partial charge is 0.205 e. The number of ketones is 1. The van der Waals surface area contributed by atoms with Crippen molar-refractivity contribution >= 4 is 11.6 Å². The Morgan fingerprint density at radius 1 is 1.08 bits per heavy atom. The number of hydrogen-bond donors (Lipinski definition) is 1. The number of carbonyl (C=O) groups is 1. The molecule has 1 aliphatic rings. The van der Waals surface area contributed by atoms with E-state index in [0.717, 1.165) is 53.3 Å². The lowest BCUT2D eigenvalue weighted by molar-refractivity contribution is -0.117. The fraction of sp³-hybridized carbons (Fsp3) is 0.345. The Morgan fingerprint density at radius 2 is 1.89 bits per heavy atom. The zero-order valence-corrected chi connectivity index (χ0v) is 21.2. The molecule has 190 valence electrons. The third-order valence-corrected chi connectivity index (χ3v) is 6.65. The molecule has 5 rings (SSSR count). The molecule has 0 spiro atoms. The number of H-pyrrole nitrogens is 1. The zero-order chi connectivity index (χ0) is 25.8. The van der Waals surface area contributed by atoms with Crippen LogP contribution in [0.3, 0.4) is 0 Å². The van der Waals surface area contributed by atoms with E-state index in [-0.39, 0.29) is 24.4 Å². The monoisotopic (exact) mass is 498 g/mol. The normalized spacial score (nSPS) is 13.1. The Kier molecular flexibility index (Phi) is 7.35. The zero-order valence-electron chi connectivity index (χ0n) is 21.2. The van der Waals surface area contributed by atoms with Gasteiger partial charge in [-0.05, 0) is 72.2 Å². The van der Waals surface area contributed by atoms with Gasteiger partial charge in [0.15, 0.2) is 0 Å². The molecule has 2 aromatic heterocycles. The number of nitrogens with one attached hydrogen (secondary N) is 1. The number of anilines is 1. The van der Waals surface area contributed by atoms with E-state index < -0.39 is 0 Å². The molecule has 2 aromatic carbocycles. The van der Waals surface area contributed by atoms with Crippen LogP contribution in [0.15, 0.2) is 54.6 Å². The number of benzene rings is 2. The number of aromatic nitrogens is 5. The van der Waals surface area contributed by atoms with Crippen LogP contribution in [0.1, 0.15) is 42.9 Å². The molecule has 7 nitrogen and oxygen atoms in total. The van der Waals surface area contributed by atoms with Crippen molar-refractivity contribution in [1.29, 1.82) is 0 Å². The van der Waals surface area contributed by atoms with E-state index in [9.17, 15) is 9.18 Å². The van der Waals surface area contributed by atoms with E-state index in [1.165, 1.54) is 18.9 Å². The second-order valence-electron chi connectivity index (χ2n) is 9.88. The van der Waals surface area contributed by atoms with Crippen LogP contribution < -0.4 is 4.90 Å². The molecule has 0 bridgehead atoms. The minimum atomic E-state index is -0.336. The Morgan fingerprint density at radius 3 is 2.59 bits per heavy atom. The highest BCUT2D eigenvalue weighted by molar-refractivity contribution is 5.85. The summed E-state index contributed by atoms with van der Waals surface area (Å²) in [6.45, 7) is 5.85. The lowest BCUT2D eigenvalue weighted by atomic mass is 9.98. The number of nitrogens with zero attached hydrogens (tertiary/aromatic N) is 5. The van der Waals surface area contributed by atoms with Gasteiger partial charge in [-0.25, -0.2) is 9.37 Å². The molecule has 0 amide bonds. The van der Waals surface area contributed by atoms with Gasteiger partial charge in [-0.1, -0.05) is 43.3 Å². The number of rotatable bonds is 11. The maximum atomic E-state index is 14.4. The molecule has 0 unspecified atom stereocenters. The second-order valence-corrected chi connectivity index (χ2v) is 9.88. The van der Waals surface area contributed by atoms with Crippen molar-refractivity contribution in [3.05, 3.63) is 77.1 Å². The van der Waals surface area contributed by atoms with Gasteiger partial charge in [-0.2, -0.15) is 5.21 Å². The molecule has 4 aromatic rings. The maximum Gasteiger partial charge on any atom is 0.205 e. The van der Waals surface area contributed by atoms with Crippen molar-refractivity contribution < 1.29 is 9.18 Å². The summed E-state index contributed by atoms with van der Waals surface area (Å²) < 4.78 is 14.4. The summed E-state index contributed by atoms with van der Waals surface area (Å²) in [5, 5.41) is 14.6. The van der Waals surface area contributed by atoms with Crippen molar-refractivity contribution in [3.8, 4) is 22.6 Å². The summed E-state index contributed by atoms with van der Waals surface area (Å²) >= 11 is 0. The van der Waals surface area contributed by atoms with Gasteiger partial charge in [0, 0.05) is 37.1 Å². The lowest BCUT2D eigenvalue weighted by Crippen LogP contribution is -2.27. The first-order chi connectivity index (χ1) is 18.0. The van der Waals surface area contributed by atoms with Crippen LogP contribution in [0.5, 0.6) is 0 Å². The number of hydrogen-bond acceptors (Lipinski definition) is 6. The average molecular weight is 499 g/mol. The quantitative estimate of drug-likeness (QED) is 0.300. The maximum absolute atomic E-state index is 14.4. The third-order valence-electron chi connectivity index (χ3n) is 6.65. The van der Waals surface area contributed by atoms with E-state index in [4.69, 9.17) is 4.98 Å². The minimum absolute atomic E-state index is 0.0402. The molecule has 0 saturated heterocycles. The van der Waals surface area contributed by atoms with Gasteiger partial charge in [-0.15, -0.1) is 10.2 Å². The highest BCUT2D eigenvalue weighted by Gasteiger charge is 2.25. The number of aromatic amines is 1. The summed E-state index contributed by atoms with van der Waals surface area (Å²) in [6.07, 6.45) is 3.74. The molecular weight excluding hydrogens is 467 g/mol. The molecule has 8 heteroatoms. The fourth-order valence-corrected chi connectivity index (χ4v) is 4.63. The second kappa shape index (κ2) is 11.0. The molecule has 1 N–H and O–H groups in total. The predicted molar refractivity (Wildman–Crippen MR) is 142 cm³/mol. The molecule has 0 aliphatic heterocycles. The van der Waals surface area contributed by atoms with Crippen LogP contribution in [0.25, 0.3) is 22.6 Å². The van der Waals surface area contributed by atoms with Crippen molar-refractivity contribution in [2.45, 2.75) is 46.0 Å². The largest absolute Gasteiger partial charge is 0.356 e. The van der Waals surface area contributed by atoms with Gasteiger partial charge in [-0.3, -0.25) is 4.79 Å². The van der Waals surface area contributed by atoms with E-state index >= 15 is 0 Å². The van der Waals surface area contributed by atoms with Crippen molar-refractivity contribution in [3.63, 3.8) is 0 Å². The van der Waals surface area contributed by atoms with Gasteiger partial charge in [0.25, 0.3) is 0 Å². The van der Waals surface area contributed by atoms with Gasteiger partial charge in [0.1, 0.15) is 17.4 Å². The predicted octanol–water partition coefficient (Wildman–Crippen LogP) is 5.36. The van der Waals surface area contributed by atoms with Gasteiger partial charge >= 0.3 is 0 Å². The fourth-order valence-electron chi connectivity index (χ4n) is 4.63.